The Morgan fingerprint density at radius 3 is 2.70 bits per heavy atom. The van der Waals surface area contributed by atoms with Crippen LogP contribution >= 0.6 is 11.6 Å². The van der Waals surface area contributed by atoms with E-state index in [2.05, 4.69) is 15.3 Å². The molecular formula is C12H12ClN5O2. The second-order valence-corrected chi connectivity index (χ2v) is 4.24. The topological polar surface area (TPSA) is 116 Å². The normalized spacial score (nSPS) is 10.1. The van der Waals surface area contributed by atoms with Gasteiger partial charge in [-0.2, -0.15) is 4.98 Å². The van der Waals surface area contributed by atoms with Crippen molar-refractivity contribution in [3.05, 3.63) is 35.0 Å². The van der Waals surface area contributed by atoms with Gasteiger partial charge in [-0.15, -0.1) is 0 Å². The number of hydrogen-bond acceptors (Lipinski definition) is 6. The molecule has 0 radical (unpaired) electrons. The van der Waals surface area contributed by atoms with Gasteiger partial charge in [-0.05, 0) is 18.2 Å². The van der Waals surface area contributed by atoms with Gasteiger partial charge in [0, 0.05) is 17.4 Å². The Morgan fingerprint density at radius 2 is 2.05 bits per heavy atom. The lowest BCUT2D eigenvalue weighted by Gasteiger charge is -2.08. The third-order valence-corrected chi connectivity index (χ3v) is 2.62. The van der Waals surface area contributed by atoms with E-state index in [9.17, 15) is 4.79 Å². The number of benzene rings is 1. The van der Waals surface area contributed by atoms with Crippen LogP contribution in [0, 0.1) is 0 Å². The third-order valence-electron chi connectivity index (χ3n) is 2.43. The highest BCUT2D eigenvalue weighted by Gasteiger charge is 2.12. The van der Waals surface area contributed by atoms with Crippen LogP contribution in [-0.2, 0) is 0 Å². The van der Waals surface area contributed by atoms with E-state index in [0.717, 1.165) is 0 Å². The Kier molecular flexibility index (Phi) is 3.90. The van der Waals surface area contributed by atoms with Gasteiger partial charge >= 0.3 is 0 Å². The van der Waals surface area contributed by atoms with Crippen LogP contribution in [0.1, 0.15) is 10.4 Å². The first-order chi connectivity index (χ1) is 9.49. The Hall–Kier alpha value is -2.54. The monoisotopic (exact) mass is 293 g/mol. The molecule has 2 rings (SSSR count). The molecule has 1 amide bonds. The number of rotatable bonds is 3. The van der Waals surface area contributed by atoms with Gasteiger partial charge in [0.2, 0.25) is 11.8 Å². The number of ether oxygens (including phenoxy) is 1. The summed E-state index contributed by atoms with van der Waals surface area (Å²) in [5.41, 5.74) is 12.3. The van der Waals surface area contributed by atoms with E-state index in [1.165, 1.54) is 25.3 Å². The molecule has 0 spiro atoms. The Balaban J connectivity index is 2.25. The average molecular weight is 294 g/mol. The fourth-order valence-corrected chi connectivity index (χ4v) is 1.69. The highest BCUT2D eigenvalue weighted by molar-refractivity contribution is 6.29. The van der Waals surface area contributed by atoms with Crippen molar-refractivity contribution in [2.45, 2.75) is 0 Å². The lowest BCUT2D eigenvalue weighted by molar-refractivity contribution is 0.102. The smallest absolute Gasteiger partial charge is 0.260 e. The van der Waals surface area contributed by atoms with Crippen LogP contribution in [0.15, 0.2) is 24.3 Å². The second kappa shape index (κ2) is 5.62. The van der Waals surface area contributed by atoms with Crippen LogP contribution in [-0.4, -0.2) is 23.0 Å². The summed E-state index contributed by atoms with van der Waals surface area (Å²) in [5.74, 6) is -0.201. The number of carbonyl (C=O) groups excluding carboxylic acids is 1. The van der Waals surface area contributed by atoms with Gasteiger partial charge in [-0.3, -0.25) is 10.1 Å². The molecule has 5 N–H and O–H groups in total. The Bertz CT molecular complexity index is 662. The Morgan fingerprint density at radius 1 is 1.30 bits per heavy atom. The SMILES string of the molecule is COc1cc(Cl)nc(NC(=O)c2ccc(N)cc2N)n1. The molecule has 0 bridgehead atoms. The minimum Gasteiger partial charge on any atom is -0.481 e. The summed E-state index contributed by atoms with van der Waals surface area (Å²) in [6, 6.07) is 6.01. The molecule has 1 aromatic heterocycles. The quantitative estimate of drug-likeness (QED) is 0.584. The van der Waals surface area contributed by atoms with Crippen molar-refractivity contribution in [1.82, 2.24) is 9.97 Å². The zero-order valence-electron chi connectivity index (χ0n) is 10.6. The Labute approximate surface area is 119 Å². The van der Waals surface area contributed by atoms with Crippen molar-refractivity contribution in [1.29, 1.82) is 0 Å². The zero-order valence-corrected chi connectivity index (χ0v) is 11.3. The van der Waals surface area contributed by atoms with Crippen LogP contribution < -0.4 is 21.5 Å². The van der Waals surface area contributed by atoms with Crippen LogP contribution in [0.25, 0.3) is 0 Å². The molecule has 0 aliphatic heterocycles. The van der Waals surface area contributed by atoms with Crippen LogP contribution in [0.2, 0.25) is 5.15 Å². The van der Waals surface area contributed by atoms with E-state index in [0.29, 0.717) is 5.69 Å². The molecule has 20 heavy (non-hydrogen) atoms. The van der Waals surface area contributed by atoms with Crippen LogP contribution in [0.4, 0.5) is 17.3 Å². The first kappa shape index (κ1) is 13.9. The first-order valence-corrected chi connectivity index (χ1v) is 5.92. The van der Waals surface area contributed by atoms with Gasteiger partial charge in [0.05, 0.1) is 12.7 Å². The number of halogens is 1. The number of nitrogens with one attached hydrogen (secondary N) is 1. The molecule has 1 heterocycles. The van der Waals surface area contributed by atoms with Crippen molar-refractivity contribution >= 4 is 34.8 Å². The summed E-state index contributed by atoms with van der Waals surface area (Å²) < 4.78 is 4.93. The molecule has 0 saturated heterocycles. The predicted octanol–water partition coefficient (Wildman–Crippen LogP) is 1.56. The van der Waals surface area contributed by atoms with E-state index >= 15 is 0 Å². The van der Waals surface area contributed by atoms with E-state index < -0.39 is 5.91 Å². The highest BCUT2D eigenvalue weighted by atomic mass is 35.5. The summed E-state index contributed by atoms with van der Waals surface area (Å²) in [5, 5.41) is 2.64. The minimum absolute atomic E-state index is 0.0237. The summed E-state index contributed by atoms with van der Waals surface area (Å²) in [6.45, 7) is 0. The van der Waals surface area contributed by atoms with Crippen molar-refractivity contribution in [3.63, 3.8) is 0 Å². The number of methoxy groups -OCH3 is 1. The number of nitrogen functional groups attached to an aromatic ring is 2. The molecule has 0 saturated carbocycles. The van der Waals surface area contributed by atoms with E-state index in [1.807, 2.05) is 0 Å². The summed E-state index contributed by atoms with van der Waals surface area (Å²) in [4.78, 5) is 19.9. The average Bonchev–Trinajstić information content (AvgIpc) is 2.37. The van der Waals surface area contributed by atoms with Gasteiger partial charge in [-0.1, -0.05) is 11.6 Å². The standard InChI is InChI=1S/C12H12ClN5O2/c1-20-10-5-9(13)16-12(17-10)18-11(19)7-3-2-6(14)4-8(7)15/h2-5H,14-15H2,1H3,(H,16,17,18,19). The number of nitrogens with two attached hydrogens (primary N) is 2. The number of aromatic nitrogens is 2. The number of nitrogens with zero attached hydrogens (tertiary/aromatic N) is 2. The van der Waals surface area contributed by atoms with E-state index in [-0.39, 0.29) is 28.2 Å². The molecule has 0 unspecified atom stereocenters. The van der Waals surface area contributed by atoms with Gasteiger partial charge < -0.3 is 16.2 Å². The van der Waals surface area contributed by atoms with Crippen molar-refractivity contribution in [3.8, 4) is 5.88 Å². The lowest BCUT2D eigenvalue weighted by Crippen LogP contribution is -2.16. The summed E-state index contributed by atoms with van der Waals surface area (Å²) >= 11 is 5.79. The number of carbonyl (C=O) groups is 1. The molecule has 0 aliphatic rings. The molecule has 7 nitrogen and oxygen atoms in total. The highest BCUT2D eigenvalue weighted by Crippen LogP contribution is 2.19. The van der Waals surface area contributed by atoms with Crippen molar-refractivity contribution < 1.29 is 9.53 Å². The molecular weight excluding hydrogens is 282 g/mol. The maximum Gasteiger partial charge on any atom is 0.260 e. The van der Waals surface area contributed by atoms with Gasteiger partial charge in [0.25, 0.3) is 5.91 Å². The number of anilines is 3. The molecule has 0 fully saturated rings. The first-order valence-electron chi connectivity index (χ1n) is 5.54. The maximum atomic E-state index is 12.1. The molecule has 1 aromatic carbocycles. The zero-order chi connectivity index (χ0) is 14.7. The van der Waals surface area contributed by atoms with Crippen molar-refractivity contribution in [2.24, 2.45) is 0 Å². The number of hydrogen-bond donors (Lipinski definition) is 3. The minimum atomic E-state index is -0.466. The van der Waals surface area contributed by atoms with Crippen LogP contribution in [0.5, 0.6) is 5.88 Å². The summed E-state index contributed by atoms with van der Waals surface area (Å²) in [7, 11) is 1.43. The molecule has 2 aromatic rings. The predicted molar refractivity (Wildman–Crippen MR) is 76.8 cm³/mol. The molecule has 0 aliphatic carbocycles. The summed E-state index contributed by atoms with van der Waals surface area (Å²) in [6.07, 6.45) is 0. The van der Waals surface area contributed by atoms with Gasteiger partial charge in [0.1, 0.15) is 5.15 Å². The van der Waals surface area contributed by atoms with E-state index in [1.54, 1.807) is 6.07 Å². The van der Waals surface area contributed by atoms with Gasteiger partial charge in [0.15, 0.2) is 0 Å². The molecule has 104 valence electrons. The largest absolute Gasteiger partial charge is 0.481 e. The fraction of sp³-hybridized carbons (Fsp3) is 0.0833. The fourth-order valence-electron chi connectivity index (χ4n) is 1.51. The molecule has 8 heteroatoms. The molecule has 0 atom stereocenters. The van der Waals surface area contributed by atoms with Gasteiger partial charge in [-0.25, -0.2) is 4.98 Å². The lowest BCUT2D eigenvalue weighted by atomic mass is 10.1. The van der Waals surface area contributed by atoms with Crippen LogP contribution in [0.3, 0.4) is 0 Å². The second-order valence-electron chi connectivity index (χ2n) is 3.86. The third kappa shape index (κ3) is 3.07. The van der Waals surface area contributed by atoms with E-state index in [4.69, 9.17) is 27.8 Å². The van der Waals surface area contributed by atoms with Crippen molar-refractivity contribution in [2.75, 3.05) is 23.9 Å². The number of amides is 1. The maximum absolute atomic E-state index is 12.1.